The van der Waals surface area contributed by atoms with Crippen molar-refractivity contribution in [1.82, 2.24) is 0 Å². The lowest BCUT2D eigenvalue weighted by Gasteiger charge is -2.10. The molecule has 0 saturated carbocycles. The molecule has 0 N–H and O–H groups in total. The maximum atomic E-state index is 5.73. The van der Waals surface area contributed by atoms with Crippen LogP contribution in [0.4, 0.5) is 0 Å². The molecule has 0 saturated heterocycles. The summed E-state index contributed by atoms with van der Waals surface area (Å²) < 4.78 is -1.31. The lowest BCUT2D eigenvalue weighted by Crippen LogP contribution is -1.92. The lowest BCUT2D eigenvalue weighted by atomic mass is 10.4. The fourth-order valence-corrected chi connectivity index (χ4v) is 3.51. The number of thioether (sulfide) groups is 1. The molecule has 0 aromatic heterocycles. The zero-order valence-electron chi connectivity index (χ0n) is 9.15. The van der Waals surface area contributed by atoms with E-state index in [2.05, 4.69) is 12.1 Å². The van der Waals surface area contributed by atoms with Crippen molar-refractivity contribution >= 4 is 58.3 Å². The van der Waals surface area contributed by atoms with Crippen molar-refractivity contribution in [1.29, 1.82) is 0 Å². The molecule has 2 aromatic carbocycles. The Hall–Kier alpha value is 0.01000. The Morgan fingerprint density at radius 1 is 0.667 bits per heavy atom. The van der Waals surface area contributed by atoms with Gasteiger partial charge in [-0.1, -0.05) is 76.5 Å². The van der Waals surface area contributed by atoms with E-state index in [0.717, 1.165) is 9.79 Å². The van der Waals surface area contributed by atoms with Gasteiger partial charge in [0.1, 0.15) is 0 Å². The molecule has 0 nitrogen and oxygen atoms in total. The van der Waals surface area contributed by atoms with Crippen LogP contribution in [0.1, 0.15) is 0 Å². The topological polar surface area (TPSA) is 0 Å². The van der Waals surface area contributed by atoms with Crippen molar-refractivity contribution in [2.45, 2.75) is 17.8 Å². The van der Waals surface area contributed by atoms with Crippen LogP contribution in [-0.2, 0) is 0 Å². The van der Waals surface area contributed by atoms with E-state index in [1.165, 1.54) is 16.7 Å². The van der Waals surface area contributed by atoms with E-state index in [9.17, 15) is 0 Å². The summed E-state index contributed by atoms with van der Waals surface area (Å²) in [6.07, 6.45) is 0. The molecule has 0 amide bonds. The van der Waals surface area contributed by atoms with Gasteiger partial charge in [-0.2, -0.15) is 0 Å². The predicted molar refractivity (Wildman–Crippen MR) is 83.2 cm³/mol. The first kappa shape index (κ1) is 14.4. The normalized spacial score (nSPS) is 11.5. The average Bonchev–Trinajstić information content (AvgIpc) is 2.31. The molecule has 2 aromatic rings. The Kier molecular flexibility index (Phi) is 5.16. The molecule has 0 aliphatic heterocycles. The molecule has 0 heterocycles. The SMILES string of the molecule is ClC(Cl)(Cl)Sc1ccc(Sc2ccccc2)cc1. The van der Waals surface area contributed by atoms with E-state index >= 15 is 0 Å². The smallest absolute Gasteiger partial charge is 0.0901 e. The van der Waals surface area contributed by atoms with E-state index in [1.54, 1.807) is 11.8 Å². The summed E-state index contributed by atoms with van der Waals surface area (Å²) in [6.45, 7) is 0. The molecule has 0 fully saturated rings. The number of hydrogen-bond acceptors (Lipinski definition) is 2. The highest BCUT2D eigenvalue weighted by Crippen LogP contribution is 2.43. The first-order valence-corrected chi connectivity index (χ1v) is 7.88. The van der Waals surface area contributed by atoms with Gasteiger partial charge in [0.25, 0.3) is 0 Å². The lowest BCUT2D eigenvalue weighted by molar-refractivity contribution is 1.34. The predicted octanol–water partition coefficient (Wildman–Crippen LogP) is 6.26. The van der Waals surface area contributed by atoms with E-state index in [1.807, 2.05) is 42.5 Å². The zero-order chi connectivity index (χ0) is 13.0. The van der Waals surface area contributed by atoms with Crippen LogP contribution in [0.2, 0.25) is 0 Å². The molecule has 0 atom stereocenters. The third-order valence-electron chi connectivity index (χ3n) is 2.04. The second-order valence-electron chi connectivity index (χ2n) is 3.43. The Morgan fingerprint density at radius 2 is 1.17 bits per heavy atom. The van der Waals surface area contributed by atoms with Crippen molar-refractivity contribution in [3.8, 4) is 0 Å². The molecule has 5 heteroatoms. The van der Waals surface area contributed by atoms with Crippen LogP contribution in [0.25, 0.3) is 0 Å². The van der Waals surface area contributed by atoms with Gasteiger partial charge in [0, 0.05) is 14.7 Å². The first-order chi connectivity index (χ1) is 8.53. The first-order valence-electron chi connectivity index (χ1n) is 5.12. The number of alkyl halides is 3. The summed E-state index contributed by atoms with van der Waals surface area (Å²) in [7, 11) is 0. The maximum absolute atomic E-state index is 5.73. The molecule has 0 spiro atoms. The van der Waals surface area contributed by atoms with E-state index in [4.69, 9.17) is 34.8 Å². The number of rotatable bonds is 3. The Bertz CT molecular complexity index is 492. The van der Waals surface area contributed by atoms with E-state index < -0.39 is 3.12 Å². The molecule has 0 unspecified atom stereocenters. The molecular weight excluding hydrogens is 327 g/mol. The summed E-state index contributed by atoms with van der Waals surface area (Å²) in [4.78, 5) is 3.31. The Labute approximate surface area is 130 Å². The van der Waals surface area contributed by atoms with Crippen LogP contribution in [0.5, 0.6) is 0 Å². The summed E-state index contributed by atoms with van der Waals surface area (Å²) in [6, 6.07) is 18.2. The van der Waals surface area contributed by atoms with Gasteiger partial charge < -0.3 is 0 Å². The third-order valence-corrected chi connectivity index (χ3v) is 4.49. The minimum Gasteiger partial charge on any atom is -0.0901 e. The van der Waals surface area contributed by atoms with Crippen LogP contribution < -0.4 is 0 Å². The summed E-state index contributed by atoms with van der Waals surface area (Å²) in [5, 5.41) is 0. The van der Waals surface area contributed by atoms with Crippen molar-refractivity contribution in [2.75, 3.05) is 0 Å². The van der Waals surface area contributed by atoms with Crippen molar-refractivity contribution in [3.63, 3.8) is 0 Å². The van der Waals surface area contributed by atoms with Gasteiger partial charge in [0.05, 0.1) is 0 Å². The van der Waals surface area contributed by atoms with E-state index in [-0.39, 0.29) is 0 Å². The Morgan fingerprint density at radius 3 is 1.72 bits per heavy atom. The van der Waals surface area contributed by atoms with E-state index in [0.29, 0.717) is 0 Å². The second-order valence-corrected chi connectivity index (χ2v) is 8.82. The van der Waals surface area contributed by atoms with Gasteiger partial charge in [-0.25, -0.2) is 0 Å². The monoisotopic (exact) mass is 334 g/mol. The van der Waals surface area contributed by atoms with Crippen molar-refractivity contribution in [2.24, 2.45) is 0 Å². The van der Waals surface area contributed by atoms with Gasteiger partial charge in [0.15, 0.2) is 0 Å². The third kappa shape index (κ3) is 4.94. The molecule has 0 bridgehead atoms. The van der Waals surface area contributed by atoms with Crippen LogP contribution in [-0.4, -0.2) is 3.12 Å². The standard InChI is InChI=1S/C13H9Cl3S2/c14-13(15,16)18-12-8-6-11(7-9-12)17-10-4-2-1-3-5-10/h1-9H. The van der Waals surface area contributed by atoms with Crippen molar-refractivity contribution < 1.29 is 0 Å². The van der Waals surface area contributed by atoms with Crippen molar-refractivity contribution in [3.05, 3.63) is 54.6 Å². The molecule has 0 radical (unpaired) electrons. The average molecular weight is 336 g/mol. The molecule has 2 rings (SSSR count). The molecule has 18 heavy (non-hydrogen) atoms. The molecule has 0 aliphatic carbocycles. The Balaban J connectivity index is 2.04. The van der Waals surface area contributed by atoms with Crippen LogP contribution in [0, 0.1) is 0 Å². The highest BCUT2D eigenvalue weighted by Gasteiger charge is 2.20. The number of halogens is 3. The van der Waals surface area contributed by atoms with Crippen LogP contribution >= 0.6 is 58.3 Å². The maximum Gasteiger partial charge on any atom is 0.241 e. The summed E-state index contributed by atoms with van der Waals surface area (Å²) in [5.41, 5.74) is 0. The van der Waals surface area contributed by atoms with Gasteiger partial charge in [-0.05, 0) is 36.4 Å². The quantitative estimate of drug-likeness (QED) is 0.480. The van der Waals surface area contributed by atoms with Gasteiger partial charge in [-0.15, -0.1) is 0 Å². The highest BCUT2D eigenvalue weighted by atomic mass is 35.6. The highest BCUT2D eigenvalue weighted by molar-refractivity contribution is 8.04. The molecule has 0 aliphatic rings. The molecule has 94 valence electrons. The van der Waals surface area contributed by atoms with Gasteiger partial charge >= 0.3 is 0 Å². The van der Waals surface area contributed by atoms with Gasteiger partial charge in [0.2, 0.25) is 3.12 Å². The number of benzene rings is 2. The fraction of sp³-hybridized carbons (Fsp3) is 0.0769. The largest absolute Gasteiger partial charge is 0.241 e. The zero-order valence-corrected chi connectivity index (χ0v) is 13.0. The van der Waals surface area contributed by atoms with Gasteiger partial charge in [-0.3, -0.25) is 0 Å². The fourth-order valence-electron chi connectivity index (χ4n) is 1.33. The second kappa shape index (κ2) is 6.44. The molecular formula is C13H9Cl3S2. The summed E-state index contributed by atoms with van der Waals surface area (Å²) >= 11 is 20.1. The number of hydrogen-bond donors (Lipinski definition) is 0. The minimum absolute atomic E-state index is 0.937. The van der Waals surface area contributed by atoms with Crippen LogP contribution in [0.15, 0.2) is 69.3 Å². The summed E-state index contributed by atoms with van der Waals surface area (Å²) in [5.74, 6) is 0. The minimum atomic E-state index is -1.31. The van der Waals surface area contributed by atoms with Crippen LogP contribution in [0.3, 0.4) is 0 Å².